The Kier molecular flexibility index (Phi) is 2.33. The van der Waals surface area contributed by atoms with E-state index < -0.39 is 0 Å². The monoisotopic (exact) mass is 202 g/mol. The standard InChI is InChI=1S/C11H10N2O2/c1-7(14)9-3-5-10(6-4-9)11-13-12-8(2)15-11/h3-6H,1-2H3. The minimum Gasteiger partial charge on any atom is -0.421 e. The number of nitrogens with zero attached hydrogens (tertiary/aromatic N) is 2. The van der Waals surface area contributed by atoms with E-state index in [4.69, 9.17) is 4.42 Å². The summed E-state index contributed by atoms with van der Waals surface area (Å²) in [7, 11) is 0. The number of benzene rings is 1. The van der Waals surface area contributed by atoms with Crippen molar-refractivity contribution in [1.82, 2.24) is 10.2 Å². The quantitative estimate of drug-likeness (QED) is 0.701. The second-order valence-corrected chi connectivity index (χ2v) is 3.26. The van der Waals surface area contributed by atoms with Gasteiger partial charge in [0.1, 0.15) is 0 Å². The Bertz CT molecular complexity index is 486. The van der Waals surface area contributed by atoms with Crippen LogP contribution in [0.1, 0.15) is 23.2 Å². The smallest absolute Gasteiger partial charge is 0.247 e. The van der Waals surface area contributed by atoms with Crippen LogP contribution in [0, 0.1) is 6.92 Å². The molecule has 1 aromatic carbocycles. The van der Waals surface area contributed by atoms with E-state index in [9.17, 15) is 4.79 Å². The Morgan fingerprint density at radius 1 is 1.20 bits per heavy atom. The van der Waals surface area contributed by atoms with Gasteiger partial charge in [0.2, 0.25) is 11.8 Å². The molecule has 2 rings (SSSR count). The molecule has 0 aliphatic carbocycles. The molecule has 0 aliphatic rings. The van der Waals surface area contributed by atoms with Crippen LogP contribution in [-0.2, 0) is 0 Å². The first-order chi connectivity index (χ1) is 7.16. The molecule has 0 unspecified atom stereocenters. The SMILES string of the molecule is CC(=O)c1ccc(-c2nnc(C)o2)cc1. The van der Waals surface area contributed by atoms with Gasteiger partial charge in [0, 0.05) is 18.1 Å². The number of carbonyl (C=O) groups is 1. The zero-order valence-electron chi connectivity index (χ0n) is 8.52. The number of Topliss-reactive ketones (excluding diaryl/α,β-unsaturated/α-hetero) is 1. The maximum atomic E-state index is 11.0. The molecule has 0 saturated heterocycles. The van der Waals surface area contributed by atoms with Crippen LogP contribution in [0.5, 0.6) is 0 Å². The lowest BCUT2D eigenvalue weighted by atomic mass is 10.1. The van der Waals surface area contributed by atoms with Crippen LogP contribution in [0.15, 0.2) is 28.7 Å². The van der Waals surface area contributed by atoms with Crippen molar-refractivity contribution >= 4 is 5.78 Å². The maximum absolute atomic E-state index is 11.0. The number of ketones is 1. The van der Waals surface area contributed by atoms with Gasteiger partial charge in [-0.1, -0.05) is 12.1 Å². The number of rotatable bonds is 2. The van der Waals surface area contributed by atoms with E-state index >= 15 is 0 Å². The summed E-state index contributed by atoms with van der Waals surface area (Å²) in [5, 5.41) is 7.63. The molecule has 1 heterocycles. The predicted molar refractivity (Wildman–Crippen MR) is 54.5 cm³/mol. The number of aromatic nitrogens is 2. The molecule has 0 radical (unpaired) electrons. The van der Waals surface area contributed by atoms with Gasteiger partial charge in [-0.3, -0.25) is 4.79 Å². The Morgan fingerprint density at radius 3 is 2.33 bits per heavy atom. The van der Waals surface area contributed by atoms with Crippen LogP contribution in [-0.4, -0.2) is 16.0 Å². The summed E-state index contributed by atoms with van der Waals surface area (Å²) in [6.07, 6.45) is 0. The molecule has 0 atom stereocenters. The summed E-state index contributed by atoms with van der Waals surface area (Å²) < 4.78 is 5.26. The van der Waals surface area contributed by atoms with Gasteiger partial charge in [-0.25, -0.2) is 0 Å². The molecule has 0 N–H and O–H groups in total. The van der Waals surface area contributed by atoms with Crippen LogP contribution in [0.3, 0.4) is 0 Å². The van der Waals surface area contributed by atoms with Crippen molar-refractivity contribution in [3.05, 3.63) is 35.7 Å². The molecule has 15 heavy (non-hydrogen) atoms. The van der Waals surface area contributed by atoms with Crippen molar-refractivity contribution in [1.29, 1.82) is 0 Å². The molecule has 0 aliphatic heterocycles. The van der Waals surface area contributed by atoms with Crippen molar-refractivity contribution in [3.63, 3.8) is 0 Å². The van der Waals surface area contributed by atoms with Gasteiger partial charge in [-0.15, -0.1) is 10.2 Å². The molecule has 76 valence electrons. The summed E-state index contributed by atoms with van der Waals surface area (Å²) in [5.74, 6) is 1.05. The molecule has 0 bridgehead atoms. The normalized spacial score (nSPS) is 10.3. The van der Waals surface area contributed by atoms with E-state index in [1.165, 1.54) is 6.92 Å². The maximum Gasteiger partial charge on any atom is 0.247 e. The van der Waals surface area contributed by atoms with Gasteiger partial charge in [0.15, 0.2) is 5.78 Å². The van der Waals surface area contributed by atoms with Crippen LogP contribution >= 0.6 is 0 Å². The lowest BCUT2D eigenvalue weighted by molar-refractivity contribution is 0.101. The Labute approximate surface area is 86.9 Å². The summed E-state index contributed by atoms with van der Waals surface area (Å²) in [6, 6.07) is 7.09. The minimum absolute atomic E-state index is 0.0447. The minimum atomic E-state index is 0.0447. The van der Waals surface area contributed by atoms with Gasteiger partial charge in [-0.2, -0.15) is 0 Å². The molecule has 0 spiro atoms. The molecular formula is C11H10N2O2. The summed E-state index contributed by atoms with van der Waals surface area (Å²) in [4.78, 5) is 11.0. The van der Waals surface area contributed by atoms with Gasteiger partial charge >= 0.3 is 0 Å². The van der Waals surface area contributed by atoms with E-state index in [2.05, 4.69) is 10.2 Å². The topological polar surface area (TPSA) is 56.0 Å². The third kappa shape index (κ3) is 1.93. The number of hydrogen-bond acceptors (Lipinski definition) is 4. The first-order valence-corrected chi connectivity index (χ1v) is 4.58. The lowest BCUT2D eigenvalue weighted by Crippen LogP contribution is -1.90. The van der Waals surface area contributed by atoms with Gasteiger partial charge in [0.25, 0.3) is 0 Å². The second kappa shape index (κ2) is 3.65. The van der Waals surface area contributed by atoms with Crippen molar-refractivity contribution in [2.75, 3.05) is 0 Å². The molecular weight excluding hydrogens is 192 g/mol. The zero-order chi connectivity index (χ0) is 10.8. The first-order valence-electron chi connectivity index (χ1n) is 4.58. The van der Waals surface area contributed by atoms with Crippen LogP contribution in [0.2, 0.25) is 0 Å². The fourth-order valence-electron chi connectivity index (χ4n) is 1.26. The highest BCUT2D eigenvalue weighted by Gasteiger charge is 2.06. The van der Waals surface area contributed by atoms with E-state index in [-0.39, 0.29) is 5.78 Å². The van der Waals surface area contributed by atoms with Crippen molar-refractivity contribution in [2.24, 2.45) is 0 Å². The summed E-state index contributed by atoms with van der Waals surface area (Å²) in [6.45, 7) is 3.27. The van der Waals surface area contributed by atoms with Crippen molar-refractivity contribution < 1.29 is 9.21 Å². The van der Waals surface area contributed by atoms with E-state index in [0.29, 0.717) is 17.3 Å². The van der Waals surface area contributed by atoms with Crippen molar-refractivity contribution in [3.8, 4) is 11.5 Å². The Hall–Kier alpha value is -1.97. The average Bonchev–Trinajstić information content (AvgIpc) is 2.65. The van der Waals surface area contributed by atoms with Crippen LogP contribution in [0.25, 0.3) is 11.5 Å². The fraction of sp³-hybridized carbons (Fsp3) is 0.182. The van der Waals surface area contributed by atoms with Crippen LogP contribution < -0.4 is 0 Å². The molecule has 0 amide bonds. The molecule has 4 nitrogen and oxygen atoms in total. The molecule has 1 aromatic heterocycles. The first kappa shape index (κ1) is 9.58. The van der Waals surface area contributed by atoms with Crippen molar-refractivity contribution in [2.45, 2.75) is 13.8 Å². The second-order valence-electron chi connectivity index (χ2n) is 3.26. The van der Waals surface area contributed by atoms with E-state index in [1.54, 1.807) is 31.2 Å². The highest BCUT2D eigenvalue weighted by atomic mass is 16.4. The molecule has 0 fully saturated rings. The van der Waals surface area contributed by atoms with Gasteiger partial charge in [0.05, 0.1) is 0 Å². The highest BCUT2D eigenvalue weighted by Crippen LogP contribution is 2.18. The van der Waals surface area contributed by atoms with E-state index in [1.807, 2.05) is 0 Å². The van der Waals surface area contributed by atoms with E-state index in [0.717, 1.165) is 5.56 Å². The molecule has 2 aromatic rings. The average molecular weight is 202 g/mol. The zero-order valence-corrected chi connectivity index (χ0v) is 8.52. The Balaban J connectivity index is 2.35. The Morgan fingerprint density at radius 2 is 1.87 bits per heavy atom. The summed E-state index contributed by atoms with van der Waals surface area (Å²) in [5.41, 5.74) is 1.50. The fourth-order valence-corrected chi connectivity index (χ4v) is 1.26. The third-order valence-corrected chi connectivity index (χ3v) is 2.06. The number of aryl methyl sites for hydroxylation is 1. The highest BCUT2D eigenvalue weighted by molar-refractivity contribution is 5.94. The van der Waals surface area contributed by atoms with Crippen LogP contribution in [0.4, 0.5) is 0 Å². The van der Waals surface area contributed by atoms with Gasteiger partial charge in [-0.05, 0) is 19.1 Å². The lowest BCUT2D eigenvalue weighted by Gasteiger charge is -1.96. The molecule has 4 heteroatoms. The van der Waals surface area contributed by atoms with Gasteiger partial charge < -0.3 is 4.42 Å². The number of carbonyl (C=O) groups excluding carboxylic acids is 1. The summed E-state index contributed by atoms with van der Waals surface area (Å²) >= 11 is 0. The predicted octanol–water partition coefficient (Wildman–Crippen LogP) is 2.25. The third-order valence-electron chi connectivity index (χ3n) is 2.06. The number of hydrogen-bond donors (Lipinski definition) is 0. The molecule has 0 saturated carbocycles. The largest absolute Gasteiger partial charge is 0.421 e.